The van der Waals surface area contributed by atoms with Crippen molar-refractivity contribution in [3.8, 4) is 0 Å². The molecule has 0 aromatic carbocycles. The largest absolute Gasteiger partial charge is 0.481 e. The standard InChI is InChI=1S/C16H24O3/c17-9-10-1-2-11-7-15-8-13(16(18)19)4-3-12(15)6-14(11)5-10/h9-15H,1-8H2,(H,18,19). The van der Waals surface area contributed by atoms with E-state index in [1.807, 2.05) is 0 Å². The Morgan fingerprint density at radius 3 is 2.11 bits per heavy atom. The van der Waals surface area contributed by atoms with Crippen LogP contribution >= 0.6 is 0 Å². The van der Waals surface area contributed by atoms with Gasteiger partial charge in [-0.15, -0.1) is 0 Å². The highest BCUT2D eigenvalue weighted by Crippen LogP contribution is 2.51. The van der Waals surface area contributed by atoms with Crippen LogP contribution in [0.15, 0.2) is 0 Å². The molecular weight excluding hydrogens is 240 g/mol. The molecule has 3 rings (SSSR count). The minimum absolute atomic E-state index is 0.0934. The highest BCUT2D eigenvalue weighted by atomic mass is 16.4. The number of fused-ring (bicyclic) bond motifs is 2. The maximum absolute atomic E-state index is 11.2. The van der Waals surface area contributed by atoms with Crippen LogP contribution in [0.2, 0.25) is 0 Å². The van der Waals surface area contributed by atoms with Crippen LogP contribution in [0.4, 0.5) is 0 Å². The van der Waals surface area contributed by atoms with E-state index in [0.29, 0.717) is 11.8 Å². The number of hydrogen-bond donors (Lipinski definition) is 1. The lowest BCUT2D eigenvalue weighted by Crippen LogP contribution is -2.40. The first-order chi connectivity index (χ1) is 9.17. The molecule has 3 fully saturated rings. The topological polar surface area (TPSA) is 54.4 Å². The summed E-state index contributed by atoms with van der Waals surface area (Å²) in [6, 6.07) is 0. The van der Waals surface area contributed by atoms with Gasteiger partial charge in [0.1, 0.15) is 6.29 Å². The summed E-state index contributed by atoms with van der Waals surface area (Å²) in [5.41, 5.74) is 0. The molecule has 3 aliphatic carbocycles. The van der Waals surface area contributed by atoms with Crippen LogP contribution in [-0.2, 0) is 9.59 Å². The number of carbonyl (C=O) groups is 2. The fourth-order valence-electron chi connectivity index (χ4n) is 5.01. The normalized spacial score (nSPS) is 45.9. The van der Waals surface area contributed by atoms with Crippen molar-refractivity contribution >= 4 is 12.3 Å². The second-order valence-electron chi connectivity index (χ2n) is 7.07. The Morgan fingerprint density at radius 2 is 1.47 bits per heavy atom. The number of hydrogen-bond acceptors (Lipinski definition) is 2. The first-order valence-corrected chi connectivity index (χ1v) is 7.85. The second kappa shape index (κ2) is 5.26. The van der Waals surface area contributed by atoms with Crippen molar-refractivity contribution in [3.63, 3.8) is 0 Å². The Kier molecular flexibility index (Phi) is 3.64. The van der Waals surface area contributed by atoms with Gasteiger partial charge in [-0.1, -0.05) is 0 Å². The Labute approximate surface area is 114 Å². The number of aldehydes is 1. The Balaban J connectivity index is 1.64. The molecule has 6 unspecified atom stereocenters. The van der Waals surface area contributed by atoms with E-state index in [9.17, 15) is 14.7 Å². The molecule has 0 aromatic heterocycles. The lowest BCUT2D eigenvalue weighted by molar-refractivity contribution is -0.144. The van der Waals surface area contributed by atoms with Crippen LogP contribution in [0.5, 0.6) is 0 Å². The summed E-state index contributed by atoms with van der Waals surface area (Å²) < 4.78 is 0. The van der Waals surface area contributed by atoms with E-state index in [1.165, 1.54) is 19.3 Å². The molecule has 0 saturated heterocycles. The minimum atomic E-state index is -0.592. The van der Waals surface area contributed by atoms with Gasteiger partial charge in [-0.05, 0) is 75.0 Å². The van der Waals surface area contributed by atoms with Crippen LogP contribution in [0.1, 0.15) is 51.4 Å². The molecule has 0 aliphatic heterocycles. The average molecular weight is 264 g/mol. The molecule has 0 heterocycles. The summed E-state index contributed by atoms with van der Waals surface area (Å²) in [4.78, 5) is 22.1. The number of carboxylic acids is 1. The van der Waals surface area contributed by atoms with Crippen molar-refractivity contribution in [2.45, 2.75) is 51.4 Å². The van der Waals surface area contributed by atoms with E-state index in [4.69, 9.17) is 0 Å². The number of rotatable bonds is 2. The van der Waals surface area contributed by atoms with Crippen molar-refractivity contribution in [3.05, 3.63) is 0 Å². The van der Waals surface area contributed by atoms with Crippen molar-refractivity contribution in [1.29, 1.82) is 0 Å². The molecule has 0 aromatic rings. The molecule has 106 valence electrons. The zero-order chi connectivity index (χ0) is 13.4. The average Bonchev–Trinajstić information content (AvgIpc) is 2.43. The van der Waals surface area contributed by atoms with Crippen LogP contribution in [0.3, 0.4) is 0 Å². The van der Waals surface area contributed by atoms with Crippen molar-refractivity contribution in [2.24, 2.45) is 35.5 Å². The van der Waals surface area contributed by atoms with Gasteiger partial charge in [0.2, 0.25) is 0 Å². The first kappa shape index (κ1) is 13.1. The molecule has 3 saturated carbocycles. The predicted octanol–water partition coefficient (Wildman–Crippen LogP) is 3.13. The quantitative estimate of drug-likeness (QED) is 0.780. The molecule has 19 heavy (non-hydrogen) atoms. The van der Waals surface area contributed by atoms with Crippen molar-refractivity contribution in [1.82, 2.24) is 0 Å². The van der Waals surface area contributed by atoms with Crippen molar-refractivity contribution < 1.29 is 14.7 Å². The smallest absolute Gasteiger partial charge is 0.306 e. The summed E-state index contributed by atoms with van der Waals surface area (Å²) in [5, 5.41) is 9.19. The lowest BCUT2D eigenvalue weighted by Gasteiger charge is -2.48. The van der Waals surface area contributed by atoms with Crippen LogP contribution in [0.25, 0.3) is 0 Å². The molecule has 3 aliphatic rings. The third-order valence-corrected chi connectivity index (χ3v) is 6.07. The summed E-state index contributed by atoms with van der Waals surface area (Å²) in [7, 11) is 0. The summed E-state index contributed by atoms with van der Waals surface area (Å²) in [6.07, 6.45) is 9.85. The fraction of sp³-hybridized carbons (Fsp3) is 0.875. The van der Waals surface area contributed by atoms with E-state index in [1.54, 1.807) is 0 Å². The zero-order valence-corrected chi connectivity index (χ0v) is 11.5. The number of carbonyl (C=O) groups excluding carboxylic acids is 1. The van der Waals surface area contributed by atoms with Gasteiger partial charge in [0.05, 0.1) is 5.92 Å². The maximum Gasteiger partial charge on any atom is 0.306 e. The lowest BCUT2D eigenvalue weighted by atomic mass is 9.57. The van der Waals surface area contributed by atoms with Gasteiger partial charge in [0.25, 0.3) is 0 Å². The third kappa shape index (κ3) is 2.56. The Bertz CT molecular complexity index is 365. The molecule has 3 heteroatoms. The molecule has 0 amide bonds. The first-order valence-electron chi connectivity index (χ1n) is 7.85. The number of aliphatic carboxylic acids is 1. The van der Waals surface area contributed by atoms with Crippen LogP contribution in [0, 0.1) is 35.5 Å². The van der Waals surface area contributed by atoms with E-state index in [-0.39, 0.29) is 5.92 Å². The Hall–Kier alpha value is -0.860. The van der Waals surface area contributed by atoms with E-state index in [2.05, 4.69) is 0 Å². The van der Waals surface area contributed by atoms with E-state index >= 15 is 0 Å². The number of carboxylic acid groups (broad SMARTS) is 1. The van der Waals surface area contributed by atoms with Crippen LogP contribution < -0.4 is 0 Å². The van der Waals surface area contributed by atoms with Gasteiger partial charge in [-0.2, -0.15) is 0 Å². The fourth-order valence-corrected chi connectivity index (χ4v) is 5.01. The minimum Gasteiger partial charge on any atom is -0.481 e. The van der Waals surface area contributed by atoms with Gasteiger partial charge >= 0.3 is 5.97 Å². The molecule has 0 bridgehead atoms. The monoisotopic (exact) mass is 264 g/mol. The van der Waals surface area contributed by atoms with E-state index in [0.717, 1.165) is 56.1 Å². The molecule has 0 radical (unpaired) electrons. The zero-order valence-electron chi connectivity index (χ0n) is 11.5. The summed E-state index contributed by atoms with van der Waals surface area (Å²) in [6.45, 7) is 0. The third-order valence-electron chi connectivity index (χ3n) is 6.07. The highest BCUT2D eigenvalue weighted by Gasteiger charge is 2.43. The van der Waals surface area contributed by atoms with Gasteiger partial charge in [-0.3, -0.25) is 4.79 Å². The maximum atomic E-state index is 11.2. The second-order valence-corrected chi connectivity index (χ2v) is 7.07. The molecular formula is C16H24O3. The highest BCUT2D eigenvalue weighted by molar-refractivity contribution is 5.70. The molecule has 6 atom stereocenters. The summed E-state index contributed by atoms with van der Waals surface area (Å²) in [5.74, 6) is 2.50. The van der Waals surface area contributed by atoms with Gasteiger partial charge < -0.3 is 9.90 Å². The van der Waals surface area contributed by atoms with Gasteiger partial charge in [0.15, 0.2) is 0 Å². The molecule has 3 nitrogen and oxygen atoms in total. The van der Waals surface area contributed by atoms with Gasteiger partial charge in [-0.25, -0.2) is 0 Å². The van der Waals surface area contributed by atoms with E-state index < -0.39 is 5.97 Å². The predicted molar refractivity (Wildman–Crippen MR) is 71.6 cm³/mol. The molecule has 0 spiro atoms. The summed E-state index contributed by atoms with van der Waals surface area (Å²) >= 11 is 0. The van der Waals surface area contributed by atoms with Crippen molar-refractivity contribution in [2.75, 3.05) is 0 Å². The van der Waals surface area contributed by atoms with Crippen LogP contribution in [-0.4, -0.2) is 17.4 Å². The molecule has 1 N–H and O–H groups in total. The Morgan fingerprint density at radius 1 is 0.842 bits per heavy atom. The van der Waals surface area contributed by atoms with Gasteiger partial charge in [0, 0.05) is 5.92 Å². The SMILES string of the molecule is O=CC1CCC2CC3CC(C(=O)O)CCC3CC2C1.